The Balaban J connectivity index is 1.68. The molecule has 0 aromatic heterocycles. The van der Waals surface area contributed by atoms with Crippen LogP contribution in [-0.2, 0) is 16.1 Å². The second-order valence-electron chi connectivity index (χ2n) is 8.36. The average Bonchev–Trinajstić information content (AvgIpc) is 3.02. The lowest BCUT2D eigenvalue weighted by molar-refractivity contribution is -0.141. The molecule has 0 aliphatic carbocycles. The van der Waals surface area contributed by atoms with Crippen LogP contribution in [0.15, 0.2) is 48.5 Å². The normalized spacial score (nSPS) is 13.8. The molecular weight excluding hydrogens is 425 g/mol. The van der Waals surface area contributed by atoms with Crippen LogP contribution in [0.4, 0.5) is 4.39 Å². The number of nitrogens with zero attached hydrogens (tertiary/aromatic N) is 2. The Labute approximate surface area is 192 Å². The number of rotatable bonds is 9. The van der Waals surface area contributed by atoms with Gasteiger partial charge in [0.05, 0.1) is 11.1 Å². The van der Waals surface area contributed by atoms with Crippen molar-refractivity contribution in [3.8, 4) is 0 Å². The van der Waals surface area contributed by atoms with Gasteiger partial charge < -0.3 is 10.2 Å². The highest BCUT2D eigenvalue weighted by Crippen LogP contribution is 2.23. The fourth-order valence-corrected chi connectivity index (χ4v) is 3.77. The molecule has 1 heterocycles. The minimum absolute atomic E-state index is 0.00115. The van der Waals surface area contributed by atoms with Gasteiger partial charge in [-0.05, 0) is 45.4 Å². The van der Waals surface area contributed by atoms with Crippen molar-refractivity contribution in [2.75, 3.05) is 6.54 Å². The van der Waals surface area contributed by atoms with Crippen LogP contribution in [0.5, 0.6) is 0 Å². The lowest BCUT2D eigenvalue weighted by atomic mass is 10.1. The van der Waals surface area contributed by atoms with Crippen LogP contribution < -0.4 is 5.32 Å². The van der Waals surface area contributed by atoms with E-state index in [4.69, 9.17) is 0 Å². The van der Waals surface area contributed by atoms with Gasteiger partial charge in [-0.15, -0.1) is 0 Å². The second-order valence-corrected chi connectivity index (χ2v) is 8.36. The third kappa shape index (κ3) is 5.45. The molecule has 0 saturated carbocycles. The molecule has 2 aromatic rings. The van der Waals surface area contributed by atoms with Crippen molar-refractivity contribution in [3.63, 3.8) is 0 Å². The van der Waals surface area contributed by atoms with Crippen LogP contribution in [0.25, 0.3) is 0 Å². The number of hydrogen-bond donors (Lipinski definition) is 1. The van der Waals surface area contributed by atoms with Gasteiger partial charge >= 0.3 is 0 Å². The number of benzene rings is 2. The van der Waals surface area contributed by atoms with Gasteiger partial charge in [0.1, 0.15) is 11.9 Å². The maximum atomic E-state index is 14.2. The summed E-state index contributed by atoms with van der Waals surface area (Å²) in [7, 11) is 0. The first-order valence-corrected chi connectivity index (χ1v) is 11.0. The molecule has 2 aromatic carbocycles. The minimum atomic E-state index is -0.821. The predicted molar refractivity (Wildman–Crippen MR) is 121 cm³/mol. The lowest BCUT2D eigenvalue weighted by Gasteiger charge is -2.29. The molecule has 1 aliphatic heterocycles. The fourth-order valence-electron chi connectivity index (χ4n) is 3.77. The molecule has 1 unspecified atom stereocenters. The summed E-state index contributed by atoms with van der Waals surface area (Å²) in [4.78, 5) is 53.1. The van der Waals surface area contributed by atoms with Gasteiger partial charge in [0.15, 0.2) is 0 Å². The maximum absolute atomic E-state index is 14.2. The van der Waals surface area contributed by atoms with Crippen LogP contribution >= 0.6 is 0 Å². The summed E-state index contributed by atoms with van der Waals surface area (Å²) in [5, 5.41) is 2.78. The standard InChI is InChI=1S/C25H28FN3O4/c1-16(2)27-23(31)17(3)29(15-18-9-4-7-12-21(18)26)22(30)13-8-14-28-24(32)19-10-5-6-11-20(19)25(28)33/h4-7,9-12,16-17H,8,13-15H2,1-3H3,(H,27,31). The average molecular weight is 454 g/mol. The molecule has 8 heteroatoms. The third-order valence-corrected chi connectivity index (χ3v) is 5.55. The Kier molecular flexibility index (Phi) is 7.58. The smallest absolute Gasteiger partial charge is 0.261 e. The molecule has 7 nitrogen and oxygen atoms in total. The van der Waals surface area contributed by atoms with E-state index in [1.807, 2.05) is 13.8 Å². The Hall–Kier alpha value is -3.55. The van der Waals surface area contributed by atoms with Crippen LogP contribution in [0.1, 0.15) is 59.9 Å². The van der Waals surface area contributed by atoms with Gasteiger partial charge in [0.25, 0.3) is 11.8 Å². The predicted octanol–water partition coefficient (Wildman–Crippen LogP) is 3.14. The van der Waals surface area contributed by atoms with Crippen LogP contribution in [0, 0.1) is 5.82 Å². The number of carbonyl (C=O) groups excluding carboxylic acids is 4. The molecule has 1 atom stereocenters. The number of carbonyl (C=O) groups is 4. The molecule has 3 rings (SSSR count). The molecule has 0 radical (unpaired) electrons. The number of hydrogen-bond acceptors (Lipinski definition) is 4. The van der Waals surface area contributed by atoms with E-state index >= 15 is 0 Å². The lowest BCUT2D eigenvalue weighted by Crippen LogP contribution is -2.49. The maximum Gasteiger partial charge on any atom is 0.261 e. The third-order valence-electron chi connectivity index (χ3n) is 5.55. The van der Waals surface area contributed by atoms with E-state index in [1.165, 1.54) is 11.0 Å². The minimum Gasteiger partial charge on any atom is -0.352 e. The first-order valence-electron chi connectivity index (χ1n) is 11.0. The Morgan fingerprint density at radius 2 is 1.55 bits per heavy atom. The van der Waals surface area contributed by atoms with Crippen molar-refractivity contribution in [3.05, 3.63) is 71.0 Å². The zero-order chi connectivity index (χ0) is 24.1. The number of amides is 4. The Morgan fingerprint density at radius 3 is 2.12 bits per heavy atom. The van der Waals surface area contributed by atoms with E-state index in [9.17, 15) is 23.6 Å². The SMILES string of the molecule is CC(C)NC(=O)C(C)N(Cc1ccccc1F)C(=O)CCCN1C(=O)c2ccccc2C1=O. The first-order chi connectivity index (χ1) is 15.7. The highest BCUT2D eigenvalue weighted by molar-refractivity contribution is 6.21. The van der Waals surface area contributed by atoms with E-state index in [2.05, 4.69) is 5.32 Å². The monoisotopic (exact) mass is 453 g/mol. The van der Waals surface area contributed by atoms with Crippen LogP contribution in [0.2, 0.25) is 0 Å². The van der Waals surface area contributed by atoms with Crippen molar-refractivity contribution < 1.29 is 23.6 Å². The van der Waals surface area contributed by atoms with E-state index in [0.29, 0.717) is 16.7 Å². The Morgan fingerprint density at radius 1 is 0.970 bits per heavy atom. The quantitative estimate of drug-likeness (QED) is 0.591. The zero-order valence-corrected chi connectivity index (χ0v) is 19.0. The van der Waals surface area contributed by atoms with Crippen molar-refractivity contribution in [2.24, 2.45) is 0 Å². The molecule has 4 amide bonds. The van der Waals surface area contributed by atoms with Gasteiger partial charge in [-0.3, -0.25) is 24.1 Å². The van der Waals surface area contributed by atoms with E-state index in [0.717, 1.165) is 4.90 Å². The van der Waals surface area contributed by atoms with Gasteiger partial charge in [0.2, 0.25) is 11.8 Å². The van der Waals surface area contributed by atoms with Crippen LogP contribution in [0.3, 0.4) is 0 Å². The Bertz CT molecular complexity index is 1030. The molecule has 1 N–H and O–H groups in total. The van der Waals surface area contributed by atoms with Gasteiger partial charge in [0, 0.05) is 31.1 Å². The molecule has 174 valence electrons. The zero-order valence-electron chi connectivity index (χ0n) is 19.0. The van der Waals surface area contributed by atoms with Gasteiger partial charge in [-0.2, -0.15) is 0 Å². The molecule has 0 fully saturated rings. The first kappa shape index (κ1) is 24.1. The van der Waals surface area contributed by atoms with Gasteiger partial charge in [-0.1, -0.05) is 30.3 Å². The summed E-state index contributed by atoms with van der Waals surface area (Å²) in [6.07, 6.45) is 0.234. The van der Waals surface area contributed by atoms with Crippen LogP contribution in [-0.4, -0.2) is 52.1 Å². The van der Waals surface area contributed by atoms with Crippen molar-refractivity contribution >= 4 is 23.6 Å². The summed E-state index contributed by atoms with van der Waals surface area (Å²) in [6.45, 7) is 5.25. The molecule has 0 bridgehead atoms. The number of imide groups is 1. The number of fused-ring (bicyclic) bond motifs is 1. The summed E-state index contributed by atoms with van der Waals surface area (Å²) < 4.78 is 14.2. The topological polar surface area (TPSA) is 86.8 Å². The van der Waals surface area contributed by atoms with E-state index in [1.54, 1.807) is 49.4 Å². The summed E-state index contributed by atoms with van der Waals surface area (Å²) in [5.74, 6) is -1.92. The highest BCUT2D eigenvalue weighted by atomic mass is 19.1. The fraction of sp³-hybridized carbons (Fsp3) is 0.360. The molecule has 0 spiro atoms. The highest BCUT2D eigenvalue weighted by Gasteiger charge is 2.35. The second kappa shape index (κ2) is 10.4. The number of halogens is 1. The van der Waals surface area contributed by atoms with E-state index in [-0.39, 0.29) is 55.6 Å². The molecular formula is C25H28FN3O4. The molecule has 1 aliphatic rings. The molecule has 0 saturated heterocycles. The van der Waals surface area contributed by atoms with Crippen molar-refractivity contribution in [1.29, 1.82) is 0 Å². The van der Waals surface area contributed by atoms with Crippen molar-refractivity contribution in [2.45, 2.75) is 52.2 Å². The van der Waals surface area contributed by atoms with Gasteiger partial charge in [-0.25, -0.2) is 4.39 Å². The van der Waals surface area contributed by atoms with Crippen molar-refractivity contribution in [1.82, 2.24) is 15.1 Å². The number of nitrogens with one attached hydrogen (secondary N) is 1. The van der Waals surface area contributed by atoms with E-state index < -0.39 is 11.9 Å². The molecule has 33 heavy (non-hydrogen) atoms. The summed E-state index contributed by atoms with van der Waals surface area (Å²) >= 11 is 0. The largest absolute Gasteiger partial charge is 0.352 e. The summed E-state index contributed by atoms with van der Waals surface area (Å²) in [5.41, 5.74) is 1.01. The summed E-state index contributed by atoms with van der Waals surface area (Å²) in [6, 6.07) is 11.8.